The lowest BCUT2D eigenvalue weighted by Gasteiger charge is -2.09. The summed E-state index contributed by atoms with van der Waals surface area (Å²) < 4.78 is 0. The maximum Gasteiger partial charge on any atom is 0.248 e. The molecule has 0 aliphatic heterocycles. The molecule has 2 heterocycles. The predicted molar refractivity (Wildman–Crippen MR) is 108 cm³/mol. The van der Waals surface area contributed by atoms with Crippen LogP contribution in [0.2, 0.25) is 0 Å². The topological polar surface area (TPSA) is 57.8 Å². The first-order valence-corrected chi connectivity index (χ1v) is 8.30. The van der Waals surface area contributed by atoms with Gasteiger partial charge in [-0.3, -0.25) is 9.78 Å². The van der Waals surface area contributed by atoms with Gasteiger partial charge in [0, 0.05) is 36.1 Å². The Kier molecular flexibility index (Phi) is 5.31. The van der Waals surface area contributed by atoms with E-state index in [1.54, 1.807) is 12.3 Å². The summed E-state index contributed by atoms with van der Waals surface area (Å²) >= 11 is 0. The number of benzene rings is 1. The van der Waals surface area contributed by atoms with Gasteiger partial charge in [0.1, 0.15) is 0 Å². The van der Waals surface area contributed by atoms with Crippen molar-refractivity contribution in [2.24, 2.45) is 0 Å². The summed E-state index contributed by atoms with van der Waals surface area (Å²) in [6, 6.07) is 11.3. The second-order valence-corrected chi connectivity index (χ2v) is 5.80. The lowest BCUT2D eigenvalue weighted by Crippen LogP contribution is -2.04. The fraction of sp³-hybridized carbons (Fsp3) is 0.0909. The highest BCUT2D eigenvalue weighted by molar-refractivity contribution is 5.84. The average molecular weight is 341 g/mol. The van der Waals surface area contributed by atoms with Gasteiger partial charge in [0.2, 0.25) is 5.56 Å². The molecule has 0 atom stereocenters. The second-order valence-electron chi connectivity index (χ2n) is 5.80. The van der Waals surface area contributed by atoms with Gasteiger partial charge in [-0.15, -0.1) is 6.42 Å². The third-order valence-corrected chi connectivity index (χ3v) is 4.06. The van der Waals surface area contributed by atoms with E-state index in [0.29, 0.717) is 6.54 Å². The van der Waals surface area contributed by atoms with Crippen molar-refractivity contribution in [3.05, 3.63) is 82.9 Å². The van der Waals surface area contributed by atoms with Crippen LogP contribution < -0.4 is 10.9 Å². The molecule has 0 saturated heterocycles. The van der Waals surface area contributed by atoms with E-state index in [1.165, 1.54) is 6.07 Å². The standard InChI is InChI=1S/C22H19N3O/c1-3-5-6-16(4-2)13-24-20-12-19(14-23-15-20)17-7-9-21-18(11-17)8-10-22(26)25-21/h1,4-12,14-15,24H,13H2,2H3,(H,25,26)/b6-5-,16-4+. The molecule has 3 aromatic rings. The van der Waals surface area contributed by atoms with Gasteiger partial charge in [-0.1, -0.05) is 18.1 Å². The largest absolute Gasteiger partial charge is 0.380 e. The highest BCUT2D eigenvalue weighted by Crippen LogP contribution is 2.24. The molecule has 0 spiro atoms. The minimum absolute atomic E-state index is 0.100. The summed E-state index contributed by atoms with van der Waals surface area (Å²) in [6.45, 7) is 2.64. The van der Waals surface area contributed by atoms with Crippen molar-refractivity contribution in [1.82, 2.24) is 9.97 Å². The normalized spacial score (nSPS) is 11.6. The number of H-pyrrole nitrogens is 1. The Hall–Kier alpha value is -3.58. The fourth-order valence-corrected chi connectivity index (χ4v) is 2.64. The quantitative estimate of drug-likeness (QED) is 0.542. The van der Waals surface area contributed by atoms with Crippen LogP contribution >= 0.6 is 0 Å². The fourth-order valence-electron chi connectivity index (χ4n) is 2.64. The highest BCUT2D eigenvalue weighted by Gasteiger charge is 2.03. The molecule has 0 amide bonds. The molecule has 0 aliphatic rings. The highest BCUT2D eigenvalue weighted by atomic mass is 16.1. The van der Waals surface area contributed by atoms with Crippen molar-refractivity contribution in [3.63, 3.8) is 0 Å². The van der Waals surface area contributed by atoms with E-state index in [0.717, 1.165) is 33.3 Å². The number of nitrogens with zero attached hydrogens (tertiary/aromatic N) is 1. The third kappa shape index (κ3) is 4.08. The molecule has 26 heavy (non-hydrogen) atoms. The summed E-state index contributed by atoms with van der Waals surface area (Å²) in [5.41, 5.74) is 4.79. The monoisotopic (exact) mass is 341 g/mol. The molecule has 0 aliphatic carbocycles. The van der Waals surface area contributed by atoms with E-state index in [9.17, 15) is 4.79 Å². The van der Waals surface area contributed by atoms with E-state index < -0.39 is 0 Å². The minimum Gasteiger partial charge on any atom is -0.380 e. The molecule has 128 valence electrons. The van der Waals surface area contributed by atoms with Gasteiger partial charge in [-0.2, -0.15) is 0 Å². The molecule has 0 saturated carbocycles. The van der Waals surface area contributed by atoms with Gasteiger partial charge in [0.15, 0.2) is 0 Å². The van der Waals surface area contributed by atoms with Gasteiger partial charge in [-0.25, -0.2) is 0 Å². The van der Waals surface area contributed by atoms with Crippen LogP contribution in [0.25, 0.3) is 22.0 Å². The van der Waals surface area contributed by atoms with E-state index in [-0.39, 0.29) is 5.56 Å². The number of anilines is 1. The zero-order valence-electron chi connectivity index (χ0n) is 14.5. The number of aromatic amines is 1. The van der Waals surface area contributed by atoms with Crippen LogP contribution in [0.1, 0.15) is 6.92 Å². The minimum atomic E-state index is -0.100. The Morgan fingerprint density at radius 3 is 2.92 bits per heavy atom. The Labute approximate surface area is 152 Å². The zero-order valence-corrected chi connectivity index (χ0v) is 14.5. The second kappa shape index (κ2) is 8.00. The van der Waals surface area contributed by atoms with Gasteiger partial charge < -0.3 is 10.3 Å². The van der Waals surface area contributed by atoms with Crippen molar-refractivity contribution in [1.29, 1.82) is 0 Å². The molecule has 1 aromatic carbocycles. The summed E-state index contributed by atoms with van der Waals surface area (Å²) in [4.78, 5) is 18.6. The number of fused-ring (bicyclic) bond motifs is 1. The smallest absolute Gasteiger partial charge is 0.248 e. The Morgan fingerprint density at radius 2 is 2.12 bits per heavy atom. The van der Waals surface area contributed by atoms with Crippen LogP contribution in [0, 0.1) is 12.3 Å². The number of pyridine rings is 2. The van der Waals surface area contributed by atoms with Crippen molar-refractivity contribution < 1.29 is 0 Å². The van der Waals surface area contributed by atoms with Crippen molar-refractivity contribution in [2.45, 2.75) is 6.92 Å². The first-order valence-electron chi connectivity index (χ1n) is 8.30. The maximum atomic E-state index is 11.4. The van der Waals surface area contributed by atoms with Crippen molar-refractivity contribution in [3.8, 4) is 23.5 Å². The van der Waals surface area contributed by atoms with Crippen LogP contribution in [0.4, 0.5) is 5.69 Å². The number of hydrogen-bond acceptors (Lipinski definition) is 3. The molecule has 2 aromatic heterocycles. The lowest BCUT2D eigenvalue weighted by molar-refractivity contribution is 1.22. The van der Waals surface area contributed by atoms with Gasteiger partial charge in [-0.05, 0) is 59.9 Å². The van der Waals surface area contributed by atoms with E-state index >= 15 is 0 Å². The number of hydrogen-bond donors (Lipinski definition) is 2. The summed E-state index contributed by atoms with van der Waals surface area (Å²) in [5.74, 6) is 2.50. The van der Waals surface area contributed by atoms with Gasteiger partial charge in [0.05, 0.1) is 5.69 Å². The number of aromatic nitrogens is 2. The summed E-state index contributed by atoms with van der Waals surface area (Å²) in [5, 5.41) is 4.34. The predicted octanol–water partition coefficient (Wildman–Crippen LogP) is 4.14. The maximum absolute atomic E-state index is 11.4. The molecule has 4 heteroatoms. The Bertz CT molecular complexity index is 1080. The van der Waals surface area contributed by atoms with Crippen molar-refractivity contribution >= 4 is 16.6 Å². The van der Waals surface area contributed by atoms with Crippen LogP contribution in [-0.4, -0.2) is 16.5 Å². The van der Waals surface area contributed by atoms with E-state index in [2.05, 4.69) is 27.3 Å². The van der Waals surface area contributed by atoms with Crippen LogP contribution in [-0.2, 0) is 0 Å². The zero-order chi connectivity index (χ0) is 18.4. The summed E-state index contributed by atoms with van der Waals surface area (Å²) in [6.07, 6.45) is 14.5. The molecular formula is C22H19N3O. The molecule has 4 nitrogen and oxygen atoms in total. The van der Waals surface area contributed by atoms with E-state index in [1.807, 2.05) is 49.5 Å². The molecule has 3 rings (SSSR count). The Morgan fingerprint density at radius 1 is 1.23 bits per heavy atom. The molecule has 0 bridgehead atoms. The molecule has 2 N–H and O–H groups in total. The van der Waals surface area contributed by atoms with Crippen LogP contribution in [0.15, 0.2) is 77.4 Å². The number of allylic oxidation sites excluding steroid dienone is 2. The third-order valence-electron chi connectivity index (χ3n) is 4.06. The number of terminal acetylenes is 1. The SMILES string of the molecule is C#C/C=C\C(=C/C)CNc1cncc(-c2ccc3[nH]c(=O)ccc3c2)c1. The summed E-state index contributed by atoms with van der Waals surface area (Å²) in [7, 11) is 0. The molecule has 0 radical (unpaired) electrons. The van der Waals surface area contributed by atoms with Crippen LogP contribution in [0.3, 0.4) is 0 Å². The van der Waals surface area contributed by atoms with Crippen LogP contribution in [0.5, 0.6) is 0 Å². The van der Waals surface area contributed by atoms with Crippen molar-refractivity contribution in [2.75, 3.05) is 11.9 Å². The first kappa shape index (κ1) is 17.2. The van der Waals surface area contributed by atoms with Gasteiger partial charge >= 0.3 is 0 Å². The van der Waals surface area contributed by atoms with E-state index in [4.69, 9.17) is 6.42 Å². The molecular weight excluding hydrogens is 322 g/mol. The molecule has 0 unspecified atom stereocenters. The lowest BCUT2D eigenvalue weighted by atomic mass is 10.0. The number of nitrogens with one attached hydrogen (secondary N) is 2. The molecule has 0 fully saturated rings. The first-order chi connectivity index (χ1) is 12.7. The average Bonchev–Trinajstić information content (AvgIpc) is 2.68. The Balaban J connectivity index is 1.83. The number of rotatable bonds is 5. The van der Waals surface area contributed by atoms with Gasteiger partial charge in [0.25, 0.3) is 0 Å².